The standard InChI is InChI=1S/C15H15N3OS/c1-19-11-6-7-14-13(9-11)17-15(16)18(14)10-4-3-5-12(8-10)20-2/h3-9H,1-2H3,(H2,16,17). The van der Waals surface area contributed by atoms with Crippen molar-refractivity contribution in [2.24, 2.45) is 0 Å². The fraction of sp³-hybridized carbons (Fsp3) is 0.133. The lowest BCUT2D eigenvalue weighted by Crippen LogP contribution is -2.00. The summed E-state index contributed by atoms with van der Waals surface area (Å²) in [6.07, 6.45) is 2.05. The van der Waals surface area contributed by atoms with Gasteiger partial charge in [0.2, 0.25) is 5.95 Å². The molecule has 0 aliphatic carbocycles. The summed E-state index contributed by atoms with van der Waals surface area (Å²) in [4.78, 5) is 5.60. The molecule has 1 aromatic heterocycles. The number of nitrogens with zero attached hydrogens (tertiary/aromatic N) is 2. The lowest BCUT2D eigenvalue weighted by Gasteiger charge is -2.08. The van der Waals surface area contributed by atoms with Crippen LogP contribution in [0, 0.1) is 0 Å². The van der Waals surface area contributed by atoms with E-state index in [1.54, 1.807) is 18.9 Å². The lowest BCUT2D eigenvalue weighted by atomic mass is 10.2. The van der Waals surface area contributed by atoms with Crippen molar-refractivity contribution in [2.75, 3.05) is 19.1 Å². The van der Waals surface area contributed by atoms with E-state index in [4.69, 9.17) is 10.5 Å². The van der Waals surface area contributed by atoms with Crippen LogP contribution in [-0.2, 0) is 0 Å². The molecule has 0 unspecified atom stereocenters. The third-order valence-electron chi connectivity index (χ3n) is 3.20. The van der Waals surface area contributed by atoms with Crippen molar-refractivity contribution >= 4 is 28.7 Å². The highest BCUT2D eigenvalue weighted by Crippen LogP contribution is 2.27. The average molecular weight is 285 g/mol. The van der Waals surface area contributed by atoms with Crippen molar-refractivity contribution in [3.8, 4) is 11.4 Å². The Morgan fingerprint density at radius 1 is 1.20 bits per heavy atom. The van der Waals surface area contributed by atoms with E-state index in [2.05, 4.69) is 23.4 Å². The first-order valence-corrected chi connectivity index (χ1v) is 7.42. The molecule has 0 amide bonds. The van der Waals surface area contributed by atoms with Gasteiger partial charge < -0.3 is 10.5 Å². The number of hydrogen-bond acceptors (Lipinski definition) is 4. The number of nitrogens with two attached hydrogens (primary N) is 1. The van der Waals surface area contributed by atoms with E-state index in [1.165, 1.54) is 4.90 Å². The maximum Gasteiger partial charge on any atom is 0.205 e. The highest BCUT2D eigenvalue weighted by molar-refractivity contribution is 7.98. The number of hydrogen-bond donors (Lipinski definition) is 1. The highest BCUT2D eigenvalue weighted by atomic mass is 32.2. The van der Waals surface area contributed by atoms with Crippen LogP contribution in [0.4, 0.5) is 5.95 Å². The van der Waals surface area contributed by atoms with Crippen LogP contribution in [0.1, 0.15) is 0 Å². The van der Waals surface area contributed by atoms with Gasteiger partial charge in [0.15, 0.2) is 0 Å². The SMILES string of the molecule is COc1ccc2c(c1)nc(N)n2-c1cccc(SC)c1. The number of aromatic nitrogens is 2. The Morgan fingerprint density at radius 2 is 2.05 bits per heavy atom. The Kier molecular flexibility index (Phi) is 3.28. The van der Waals surface area contributed by atoms with Crippen molar-refractivity contribution in [1.82, 2.24) is 9.55 Å². The molecule has 3 aromatic rings. The van der Waals surface area contributed by atoms with Crippen LogP contribution in [0.25, 0.3) is 16.7 Å². The van der Waals surface area contributed by atoms with Crippen molar-refractivity contribution in [3.05, 3.63) is 42.5 Å². The van der Waals surface area contributed by atoms with Gasteiger partial charge in [-0.25, -0.2) is 4.98 Å². The first-order chi connectivity index (χ1) is 9.72. The molecule has 2 aromatic carbocycles. The predicted octanol–water partition coefficient (Wildman–Crippen LogP) is 3.34. The molecule has 0 bridgehead atoms. The fourth-order valence-electron chi connectivity index (χ4n) is 2.23. The molecule has 0 radical (unpaired) electrons. The molecule has 0 atom stereocenters. The van der Waals surface area contributed by atoms with E-state index < -0.39 is 0 Å². The van der Waals surface area contributed by atoms with Gasteiger partial charge in [0.05, 0.1) is 23.8 Å². The third-order valence-corrected chi connectivity index (χ3v) is 3.92. The first kappa shape index (κ1) is 12.9. The number of benzene rings is 2. The van der Waals surface area contributed by atoms with E-state index in [-0.39, 0.29) is 0 Å². The fourth-order valence-corrected chi connectivity index (χ4v) is 2.68. The van der Waals surface area contributed by atoms with Crippen LogP contribution >= 0.6 is 11.8 Å². The number of imidazole rings is 1. The number of rotatable bonds is 3. The number of anilines is 1. The summed E-state index contributed by atoms with van der Waals surface area (Å²) in [5, 5.41) is 0. The number of ether oxygens (including phenoxy) is 1. The number of thioether (sulfide) groups is 1. The van der Waals surface area contributed by atoms with Crippen LogP contribution in [0.5, 0.6) is 5.75 Å². The van der Waals surface area contributed by atoms with Gasteiger partial charge in [-0.3, -0.25) is 4.57 Å². The molecule has 0 fully saturated rings. The smallest absolute Gasteiger partial charge is 0.205 e. The van der Waals surface area contributed by atoms with Gasteiger partial charge in [-0.05, 0) is 36.6 Å². The average Bonchev–Trinajstić information content (AvgIpc) is 2.82. The molecule has 5 heteroatoms. The molecule has 0 aliphatic rings. The number of fused-ring (bicyclic) bond motifs is 1. The van der Waals surface area contributed by atoms with Gasteiger partial charge in [-0.1, -0.05) is 6.07 Å². The molecular formula is C15H15N3OS. The topological polar surface area (TPSA) is 53.1 Å². The van der Waals surface area contributed by atoms with E-state index in [9.17, 15) is 0 Å². The minimum Gasteiger partial charge on any atom is -0.497 e. The van der Waals surface area contributed by atoms with Crippen molar-refractivity contribution in [3.63, 3.8) is 0 Å². The molecule has 0 spiro atoms. The molecule has 1 heterocycles. The molecular weight excluding hydrogens is 270 g/mol. The van der Waals surface area contributed by atoms with Gasteiger partial charge in [0.25, 0.3) is 0 Å². The molecule has 0 aliphatic heterocycles. The number of nitrogen functional groups attached to an aromatic ring is 1. The summed E-state index contributed by atoms with van der Waals surface area (Å²) < 4.78 is 7.17. The second-order valence-electron chi connectivity index (χ2n) is 4.36. The van der Waals surface area contributed by atoms with Crippen molar-refractivity contribution in [1.29, 1.82) is 0 Å². The summed E-state index contributed by atoms with van der Waals surface area (Å²) in [6.45, 7) is 0. The minimum atomic E-state index is 0.478. The largest absolute Gasteiger partial charge is 0.497 e. The summed E-state index contributed by atoms with van der Waals surface area (Å²) in [5.74, 6) is 1.26. The summed E-state index contributed by atoms with van der Waals surface area (Å²) in [7, 11) is 1.64. The summed E-state index contributed by atoms with van der Waals surface area (Å²) >= 11 is 1.70. The zero-order chi connectivity index (χ0) is 14.1. The predicted molar refractivity (Wildman–Crippen MR) is 83.8 cm³/mol. The monoisotopic (exact) mass is 285 g/mol. The molecule has 102 valence electrons. The Bertz CT molecular complexity index is 767. The number of methoxy groups -OCH3 is 1. The second-order valence-corrected chi connectivity index (χ2v) is 5.24. The van der Waals surface area contributed by atoms with Crippen LogP contribution < -0.4 is 10.5 Å². The Hall–Kier alpha value is -2.14. The normalized spacial score (nSPS) is 10.9. The summed E-state index contributed by atoms with van der Waals surface area (Å²) in [5.41, 5.74) is 8.89. The van der Waals surface area contributed by atoms with E-state index in [1.807, 2.05) is 34.9 Å². The second kappa shape index (κ2) is 5.09. The van der Waals surface area contributed by atoms with Crippen LogP contribution in [0.2, 0.25) is 0 Å². The van der Waals surface area contributed by atoms with Crippen molar-refractivity contribution < 1.29 is 4.74 Å². The van der Waals surface area contributed by atoms with Crippen LogP contribution in [0.3, 0.4) is 0 Å². The molecule has 4 nitrogen and oxygen atoms in total. The van der Waals surface area contributed by atoms with Gasteiger partial charge in [0.1, 0.15) is 5.75 Å². The molecule has 2 N–H and O–H groups in total. The maximum atomic E-state index is 6.07. The molecule has 0 saturated carbocycles. The van der Waals surface area contributed by atoms with Crippen LogP contribution in [-0.4, -0.2) is 22.9 Å². The van der Waals surface area contributed by atoms with E-state index >= 15 is 0 Å². The van der Waals surface area contributed by atoms with E-state index in [0.29, 0.717) is 5.95 Å². The zero-order valence-electron chi connectivity index (χ0n) is 11.3. The Morgan fingerprint density at radius 3 is 2.80 bits per heavy atom. The molecule has 20 heavy (non-hydrogen) atoms. The lowest BCUT2D eigenvalue weighted by molar-refractivity contribution is 0.415. The van der Waals surface area contributed by atoms with Crippen molar-refractivity contribution in [2.45, 2.75) is 4.90 Å². The molecule has 3 rings (SSSR count). The van der Waals surface area contributed by atoms with E-state index in [0.717, 1.165) is 22.5 Å². The third kappa shape index (κ3) is 2.10. The van der Waals surface area contributed by atoms with Crippen LogP contribution in [0.15, 0.2) is 47.4 Å². The van der Waals surface area contributed by atoms with Gasteiger partial charge in [-0.15, -0.1) is 11.8 Å². The minimum absolute atomic E-state index is 0.478. The van der Waals surface area contributed by atoms with Gasteiger partial charge in [0, 0.05) is 11.0 Å². The quantitative estimate of drug-likeness (QED) is 0.750. The Labute approximate surface area is 121 Å². The van der Waals surface area contributed by atoms with Gasteiger partial charge >= 0.3 is 0 Å². The zero-order valence-corrected chi connectivity index (χ0v) is 12.1. The highest BCUT2D eigenvalue weighted by Gasteiger charge is 2.11. The molecule has 0 saturated heterocycles. The maximum absolute atomic E-state index is 6.07. The first-order valence-electron chi connectivity index (χ1n) is 6.19. The summed E-state index contributed by atoms with van der Waals surface area (Å²) in [6, 6.07) is 14.0. The van der Waals surface area contributed by atoms with Gasteiger partial charge in [-0.2, -0.15) is 0 Å². The Balaban J connectivity index is 2.22.